The van der Waals surface area contributed by atoms with Gasteiger partial charge in [-0.15, -0.1) is 0 Å². The molecule has 0 spiro atoms. The number of amides is 1. The number of hydrogen-bond acceptors (Lipinski definition) is 5. The van der Waals surface area contributed by atoms with Crippen LogP contribution in [0.15, 0.2) is 18.2 Å². The maximum Gasteiger partial charge on any atom is 0.237 e. The van der Waals surface area contributed by atoms with E-state index in [0.717, 1.165) is 22.4 Å². The second-order valence-electron chi connectivity index (χ2n) is 5.40. The van der Waals surface area contributed by atoms with Gasteiger partial charge in [0.2, 0.25) is 11.9 Å². The van der Waals surface area contributed by atoms with Crippen LogP contribution in [0.5, 0.6) is 0 Å². The van der Waals surface area contributed by atoms with Crippen LogP contribution in [-0.2, 0) is 17.9 Å². The summed E-state index contributed by atoms with van der Waals surface area (Å²) in [6.45, 7) is 2.68. The van der Waals surface area contributed by atoms with Crippen molar-refractivity contribution in [3.8, 4) is 17.3 Å². The van der Waals surface area contributed by atoms with Gasteiger partial charge in [0.05, 0.1) is 30.5 Å². The Kier molecular flexibility index (Phi) is 3.89. The second-order valence-corrected chi connectivity index (χ2v) is 5.84. The molecule has 1 aliphatic heterocycles. The molecule has 0 bridgehead atoms. The molecule has 0 unspecified atom stereocenters. The van der Waals surface area contributed by atoms with E-state index in [2.05, 4.69) is 9.97 Å². The van der Waals surface area contributed by atoms with Crippen molar-refractivity contribution >= 4 is 23.5 Å². The number of hydrogen-bond donors (Lipinski definition) is 1. The molecule has 1 aromatic heterocycles. The quantitative estimate of drug-likeness (QED) is 0.913. The van der Waals surface area contributed by atoms with Gasteiger partial charge in [0.1, 0.15) is 6.42 Å². The number of anilines is 1. The second kappa shape index (κ2) is 5.86. The van der Waals surface area contributed by atoms with E-state index in [0.29, 0.717) is 23.8 Å². The fourth-order valence-corrected chi connectivity index (χ4v) is 2.97. The number of carbonyl (C=O) groups excluding carboxylic acids is 1. The molecule has 0 aliphatic carbocycles. The molecule has 0 radical (unpaired) electrons. The van der Waals surface area contributed by atoms with E-state index >= 15 is 0 Å². The van der Waals surface area contributed by atoms with Crippen molar-refractivity contribution in [3.63, 3.8) is 0 Å². The Balaban J connectivity index is 2.06. The summed E-state index contributed by atoms with van der Waals surface area (Å²) in [6, 6.07) is 7.42. The summed E-state index contributed by atoms with van der Waals surface area (Å²) in [5.74, 6) is -0.0504. The first kappa shape index (κ1) is 15.3. The van der Waals surface area contributed by atoms with Crippen molar-refractivity contribution in [1.82, 2.24) is 14.9 Å². The highest BCUT2D eigenvalue weighted by Crippen LogP contribution is 2.33. The smallest absolute Gasteiger partial charge is 0.237 e. The van der Waals surface area contributed by atoms with Gasteiger partial charge in [-0.05, 0) is 24.6 Å². The minimum Gasteiger partial charge on any atom is -0.368 e. The van der Waals surface area contributed by atoms with E-state index in [1.54, 1.807) is 11.0 Å². The van der Waals surface area contributed by atoms with E-state index in [4.69, 9.17) is 22.6 Å². The molecule has 0 saturated heterocycles. The number of fused-ring (bicyclic) bond motifs is 1. The number of aromatic nitrogens is 2. The Bertz CT molecular complexity index is 843. The molecule has 1 aliphatic rings. The lowest BCUT2D eigenvalue weighted by atomic mass is 10.0. The number of nitriles is 1. The average molecular weight is 328 g/mol. The Morgan fingerprint density at radius 3 is 2.91 bits per heavy atom. The van der Waals surface area contributed by atoms with E-state index in [1.807, 2.05) is 25.1 Å². The minimum atomic E-state index is -0.220. The van der Waals surface area contributed by atoms with E-state index in [-0.39, 0.29) is 18.3 Å². The Hall–Kier alpha value is -2.65. The number of rotatable bonds is 2. The van der Waals surface area contributed by atoms with Gasteiger partial charge in [-0.2, -0.15) is 5.26 Å². The van der Waals surface area contributed by atoms with Gasteiger partial charge < -0.3 is 10.6 Å². The molecule has 0 saturated carbocycles. The van der Waals surface area contributed by atoms with Gasteiger partial charge in [0, 0.05) is 16.1 Å². The number of aryl methyl sites for hydroxylation is 1. The molecule has 7 heteroatoms. The Labute approximate surface area is 138 Å². The highest BCUT2D eigenvalue weighted by atomic mass is 35.5. The number of benzene rings is 1. The molecule has 1 amide bonds. The predicted octanol–water partition coefficient (Wildman–Crippen LogP) is 2.44. The fraction of sp³-hybridized carbons (Fsp3) is 0.250. The Morgan fingerprint density at radius 1 is 1.43 bits per heavy atom. The molecule has 0 fully saturated rings. The average Bonchev–Trinajstić information content (AvgIpc) is 2.91. The fourth-order valence-electron chi connectivity index (χ4n) is 2.75. The first-order valence-electron chi connectivity index (χ1n) is 7.06. The molecule has 6 nitrogen and oxygen atoms in total. The van der Waals surface area contributed by atoms with Crippen LogP contribution in [0.3, 0.4) is 0 Å². The molecule has 2 aromatic rings. The maximum atomic E-state index is 12.0. The van der Waals surface area contributed by atoms with Crippen LogP contribution >= 0.6 is 11.6 Å². The standard InChI is InChI=1S/C16H14ClN5O/c1-9-6-10(17)2-3-11(9)15-12-7-22(14(23)4-5-18)8-13(12)20-16(19)21-15/h2-3,6H,4,7-8H2,1H3,(H2,19,20,21). The molecular weight excluding hydrogens is 314 g/mol. The van der Waals surface area contributed by atoms with Crippen LogP contribution in [0.1, 0.15) is 23.2 Å². The van der Waals surface area contributed by atoms with E-state index < -0.39 is 0 Å². The maximum absolute atomic E-state index is 12.0. The third-order valence-electron chi connectivity index (χ3n) is 3.83. The Morgan fingerprint density at radius 2 is 2.22 bits per heavy atom. The van der Waals surface area contributed by atoms with Crippen molar-refractivity contribution in [2.45, 2.75) is 26.4 Å². The molecule has 3 rings (SSSR count). The summed E-state index contributed by atoms with van der Waals surface area (Å²) in [6.07, 6.45) is -0.147. The summed E-state index contributed by atoms with van der Waals surface area (Å²) in [5, 5.41) is 9.34. The molecular formula is C16H14ClN5O. The molecule has 0 atom stereocenters. The summed E-state index contributed by atoms with van der Waals surface area (Å²) >= 11 is 6.01. The molecule has 116 valence electrons. The van der Waals surface area contributed by atoms with Crippen LogP contribution < -0.4 is 5.73 Å². The molecule has 2 heterocycles. The number of halogens is 1. The lowest BCUT2D eigenvalue weighted by Crippen LogP contribution is -2.24. The zero-order valence-corrected chi connectivity index (χ0v) is 13.3. The third kappa shape index (κ3) is 2.83. The first-order valence-corrected chi connectivity index (χ1v) is 7.44. The van der Waals surface area contributed by atoms with Crippen LogP contribution in [-0.4, -0.2) is 20.8 Å². The molecule has 2 N–H and O–H groups in total. The molecule has 23 heavy (non-hydrogen) atoms. The van der Waals surface area contributed by atoms with Crippen LogP contribution in [0.2, 0.25) is 5.02 Å². The van der Waals surface area contributed by atoms with Crippen LogP contribution in [0, 0.1) is 18.3 Å². The van der Waals surface area contributed by atoms with Crippen LogP contribution in [0.25, 0.3) is 11.3 Å². The normalized spacial score (nSPS) is 12.8. The predicted molar refractivity (Wildman–Crippen MR) is 86.1 cm³/mol. The SMILES string of the molecule is Cc1cc(Cl)ccc1-c1nc(N)nc2c1CN(C(=O)CC#N)C2. The lowest BCUT2D eigenvalue weighted by Gasteiger charge is -2.13. The van der Waals surface area contributed by atoms with E-state index in [9.17, 15) is 4.79 Å². The van der Waals surface area contributed by atoms with Gasteiger partial charge in [-0.1, -0.05) is 17.7 Å². The van der Waals surface area contributed by atoms with Crippen molar-refractivity contribution < 1.29 is 4.79 Å². The first-order chi connectivity index (χ1) is 11.0. The van der Waals surface area contributed by atoms with Crippen molar-refractivity contribution in [2.75, 3.05) is 5.73 Å². The number of nitrogen functional groups attached to an aromatic ring is 1. The van der Waals surface area contributed by atoms with Crippen molar-refractivity contribution in [3.05, 3.63) is 40.0 Å². The summed E-state index contributed by atoms with van der Waals surface area (Å²) < 4.78 is 0. The van der Waals surface area contributed by atoms with Gasteiger partial charge >= 0.3 is 0 Å². The topological polar surface area (TPSA) is 95.9 Å². The minimum absolute atomic E-state index is 0.147. The van der Waals surface area contributed by atoms with Gasteiger partial charge in [0.25, 0.3) is 0 Å². The summed E-state index contributed by atoms with van der Waals surface area (Å²) in [4.78, 5) is 22.2. The number of nitrogens with two attached hydrogens (primary N) is 1. The lowest BCUT2D eigenvalue weighted by molar-refractivity contribution is -0.130. The van der Waals surface area contributed by atoms with Gasteiger partial charge in [-0.25, -0.2) is 9.97 Å². The highest BCUT2D eigenvalue weighted by Gasteiger charge is 2.28. The van der Waals surface area contributed by atoms with Gasteiger partial charge in [0.15, 0.2) is 0 Å². The highest BCUT2D eigenvalue weighted by molar-refractivity contribution is 6.30. The largest absolute Gasteiger partial charge is 0.368 e. The number of carbonyl (C=O) groups is 1. The van der Waals surface area contributed by atoms with E-state index in [1.165, 1.54) is 0 Å². The van der Waals surface area contributed by atoms with Gasteiger partial charge in [-0.3, -0.25) is 4.79 Å². The zero-order chi connectivity index (χ0) is 16.6. The van der Waals surface area contributed by atoms with Crippen molar-refractivity contribution in [2.24, 2.45) is 0 Å². The summed E-state index contributed by atoms with van der Waals surface area (Å²) in [7, 11) is 0. The monoisotopic (exact) mass is 327 g/mol. The van der Waals surface area contributed by atoms with Crippen LogP contribution in [0.4, 0.5) is 5.95 Å². The third-order valence-corrected chi connectivity index (χ3v) is 4.06. The summed E-state index contributed by atoms with van der Waals surface area (Å²) in [5.41, 5.74) is 10.0. The molecule has 1 aromatic carbocycles. The zero-order valence-electron chi connectivity index (χ0n) is 12.5. The van der Waals surface area contributed by atoms with Crippen molar-refractivity contribution in [1.29, 1.82) is 5.26 Å². The number of nitrogens with zero attached hydrogens (tertiary/aromatic N) is 4.